The van der Waals surface area contributed by atoms with E-state index in [0.29, 0.717) is 44.3 Å². The van der Waals surface area contributed by atoms with Crippen LogP contribution in [0.3, 0.4) is 0 Å². The lowest BCUT2D eigenvalue weighted by Crippen LogP contribution is -2.51. The molecule has 1 aromatic carbocycles. The molecule has 2 fully saturated rings. The van der Waals surface area contributed by atoms with Crippen molar-refractivity contribution in [1.29, 1.82) is 0 Å². The predicted molar refractivity (Wildman–Crippen MR) is 103 cm³/mol. The zero-order valence-corrected chi connectivity index (χ0v) is 16.3. The fourth-order valence-corrected chi connectivity index (χ4v) is 3.14. The number of carbonyl (C=O) groups is 2. The standard InChI is InChI=1S/C20H25F2N3O4/c1-28-16-4-2-3-14(19(16)29-20(21)22)5-8-18(27)25-11-9-24(10-12-25)13-17(26)23-15-6-7-15/h2-5,8,15,20H,6-7,9-13H2,1H3,(H,23,26). The molecule has 1 aliphatic heterocycles. The number of benzene rings is 1. The summed E-state index contributed by atoms with van der Waals surface area (Å²) in [5.74, 6) is -0.145. The number of nitrogens with one attached hydrogen (secondary N) is 1. The van der Waals surface area contributed by atoms with Gasteiger partial charge in [0.2, 0.25) is 11.8 Å². The summed E-state index contributed by atoms with van der Waals surface area (Å²) in [6, 6.07) is 5.05. The molecular weight excluding hydrogens is 384 g/mol. The van der Waals surface area contributed by atoms with Crippen molar-refractivity contribution >= 4 is 17.9 Å². The second kappa shape index (κ2) is 9.69. The SMILES string of the molecule is COc1cccc(C=CC(=O)N2CCN(CC(=O)NC3CC3)CC2)c1OC(F)F. The molecule has 0 atom stereocenters. The molecule has 0 spiro atoms. The van der Waals surface area contributed by atoms with E-state index in [1.807, 2.05) is 4.90 Å². The van der Waals surface area contributed by atoms with Gasteiger partial charge in [0.1, 0.15) is 0 Å². The third-order valence-electron chi connectivity index (χ3n) is 4.84. The zero-order chi connectivity index (χ0) is 20.8. The number of rotatable bonds is 8. The van der Waals surface area contributed by atoms with Crippen LogP contribution in [-0.2, 0) is 9.59 Å². The van der Waals surface area contributed by atoms with E-state index in [1.165, 1.54) is 25.3 Å². The van der Waals surface area contributed by atoms with Crippen LogP contribution < -0.4 is 14.8 Å². The van der Waals surface area contributed by atoms with Crippen molar-refractivity contribution in [2.45, 2.75) is 25.5 Å². The van der Waals surface area contributed by atoms with Crippen molar-refractivity contribution in [3.05, 3.63) is 29.8 Å². The molecule has 3 rings (SSSR count). The number of halogens is 2. The number of carbonyl (C=O) groups excluding carboxylic acids is 2. The predicted octanol–water partition coefficient (Wildman–Crippen LogP) is 1.73. The Morgan fingerprint density at radius 2 is 1.97 bits per heavy atom. The average Bonchev–Trinajstić information content (AvgIpc) is 3.50. The van der Waals surface area contributed by atoms with Crippen molar-refractivity contribution in [3.63, 3.8) is 0 Å². The van der Waals surface area contributed by atoms with Gasteiger partial charge in [-0.2, -0.15) is 8.78 Å². The fraction of sp³-hybridized carbons (Fsp3) is 0.500. The maximum absolute atomic E-state index is 12.7. The highest BCUT2D eigenvalue weighted by Gasteiger charge is 2.26. The summed E-state index contributed by atoms with van der Waals surface area (Å²) in [5, 5.41) is 2.95. The van der Waals surface area contributed by atoms with Crippen molar-refractivity contribution in [2.24, 2.45) is 0 Å². The number of hydrogen-bond acceptors (Lipinski definition) is 5. The minimum atomic E-state index is -3.00. The Hall–Kier alpha value is -2.68. The summed E-state index contributed by atoms with van der Waals surface area (Å²) in [7, 11) is 1.36. The topological polar surface area (TPSA) is 71.1 Å². The van der Waals surface area contributed by atoms with E-state index in [4.69, 9.17) is 4.74 Å². The average molecular weight is 409 g/mol. The first-order valence-corrected chi connectivity index (χ1v) is 9.57. The normalized spacial score (nSPS) is 17.6. The van der Waals surface area contributed by atoms with Gasteiger partial charge < -0.3 is 19.7 Å². The van der Waals surface area contributed by atoms with Crippen molar-refractivity contribution in [3.8, 4) is 11.5 Å². The number of methoxy groups -OCH3 is 1. The fourth-order valence-electron chi connectivity index (χ4n) is 3.14. The van der Waals surface area contributed by atoms with Gasteiger partial charge in [0.25, 0.3) is 0 Å². The van der Waals surface area contributed by atoms with Crippen LogP contribution in [-0.4, -0.2) is 74.1 Å². The molecule has 29 heavy (non-hydrogen) atoms. The van der Waals surface area contributed by atoms with Gasteiger partial charge in [0, 0.05) is 43.9 Å². The Morgan fingerprint density at radius 3 is 2.59 bits per heavy atom. The number of hydrogen-bond donors (Lipinski definition) is 1. The Labute approximate surface area is 168 Å². The summed E-state index contributed by atoms with van der Waals surface area (Å²) in [4.78, 5) is 28.0. The van der Waals surface area contributed by atoms with Gasteiger partial charge in [-0.1, -0.05) is 12.1 Å². The lowest BCUT2D eigenvalue weighted by molar-refractivity contribution is -0.128. The highest BCUT2D eigenvalue weighted by atomic mass is 19.3. The van der Waals surface area contributed by atoms with Crippen LogP contribution in [0.15, 0.2) is 24.3 Å². The minimum absolute atomic E-state index is 0.0248. The number of alkyl halides is 2. The van der Waals surface area contributed by atoms with Gasteiger partial charge >= 0.3 is 6.61 Å². The van der Waals surface area contributed by atoms with E-state index >= 15 is 0 Å². The highest BCUT2D eigenvalue weighted by molar-refractivity contribution is 5.92. The second-order valence-electron chi connectivity index (χ2n) is 7.03. The van der Waals surface area contributed by atoms with Gasteiger partial charge in [0.05, 0.1) is 13.7 Å². The van der Waals surface area contributed by atoms with Gasteiger partial charge in [-0.05, 0) is 25.0 Å². The largest absolute Gasteiger partial charge is 0.493 e. The summed E-state index contributed by atoms with van der Waals surface area (Å²) >= 11 is 0. The van der Waals surface area contributed by atoms with Gasteiger partial charge in [0.15, 0.2) is 11.5 Å². The summed E-state index contributed by atoms with van der Waals surface area (Å²) in [5.41, 5.74) is 0.327. The maximum Gasteiger partial charge on any atom is 0.387 e. The molecular formula is C20H25F2N3O4. The highest BCUT2D eigenvalue weighted by Crippen LogP contribution is 2.33. The van der Waals surface area contributed by atoms with Gasteiger partial charge in [-0.3, -0.25) is 14.5 Å². The van der Waals surface area contributed by atoms with Crippen LogP contribution in [0.25, 0.3) is 6.08 Å². The van der Waals surface area contributed by atoms with E-state index in [9.17, 15) is 18.4 Å². The second-order valence-corrected chi connectivity index (χ2v) is 7.03. The summed E-state index contributed by atoms with van der Waals surface area (Å²) in [6.45, 7) is -0.449. The number of para-hydroxylation sites is 1. The quantitative estimate of drug-likeness (QED) is 0.663. The molecule has 1 N–H and O–H groups in total. The Bertz CT molecular complexity index is 760. The zero-order valence-electron chi connectivity index (χ0n) is 16.3. The number of amides is 2. The first-order valence-electron chi connectivity index (χ1n) is 9.57. The van der Waals surface area contributed by atoms with Crippen molar-refractivity contribution in [2.75, 3.05) is 39.8 Å². The first-order chi connectivity index (χ1) is 14.0. The summed E-state index contributed by atoms with van der Waals surface area (Å²) < 4.78 is 35.0. The van der Waals surface area contributed by atoms with Crippen molar-refractivity contribution in [1.82, 2.24) is 15.1 Å². The minimum Gasteiger partial charge on any atom is -0.493 e. The van der Waals surface area contributed by atoms with Crippen LogP contribution in [0.1, 0.15) is 18.4 Å². The molecule has 2 aliphatic rings. The van der Waals surface area contributed by atoms with Crippen LogP contribution in [0.4, 0.5) is 8.78 Å². The monoisotopic (exact) mass is 409 g/mol. The molecule has 0 unspecified atom stereocenters. The van der Waals surface area contributed by atoms with E-state index in [-0.39, 0.29) is 23.3 Å². The number of ether oxygens (including phenoxy) is 2. The van der Waals surface area contributed by atoms with Crippen LogP contribution in [0.2, 0.25) is 0 Å². The van der Waals surface area contributed by atoms with Crippen LogP contribution >= 0.6 is 0 Å². The number of nitrogens with zero attached hydrogens (tertiary/aromatic N) is 2. The molecule has 1 aliphatic carbocycles. The molecule has 1 heterocycles. The molecule has 9 heteroatoms. The smallest absolute Gasteiger partial charge is 0.387 e. The van der Waals surface area contributed by atoms with E-state index in [0.717, 1.165) is 12.8 Å². The molecule has 0 aromatic heterocycles. The molecule has 1 aromatic rings. The molecule has 1 saturated heterocycles. The lowest BCUT2D eigenvalue weighted by atomic mass is 10.1. The van der Waals surface area contributed by atoms with Crippen LogP contribution in [0, 0.1) is 0 Å². The van der Waals surface area contributed by atoms with Crippen LogP contribution in [0.5, 0.6) is 11.5 Å². The Kier molecular flexibility index (Phi) is 7.03. The van der Waals surface area contributed by atoms with Gasteiger partial charge in [-0.15, -0.1) is 0 Å². The molecule has 7 nitrogen and oxygen atoms in total. The third kappa shape index (κ3) is 6.15. The first kappa shape index (κ1) is 21.0. The van der Waals surface area contributed by atoms with E-state index < -0.39 is 6.61 Å². The third-order valence-corrected chi connectivity index (χ3v) is 4.84. The molecule has 2 amide bonds. The Balaban J connectivity index is 1.54. The molecule has 0 bridgehead atoms. The van der Waals surface area contributed by atoms with E-state index in [1.54, 1.807) is 17.0 Å². The molecule has 0 radical (unpaired) electrons. The number of piperazine rings is 1. The van der Waals surface area contributed by atoms with E-state index in [2.05, 4.69) is 10.1 Å². The Morgan fingerprint density at radius 1 is 1.24 bits per heavy atom. The summed E-state index contributed by atoms with van der Waals surface area (Å²) in [6.07, 6.45) is 4.88. The molecule has 1 saturated carbocycles. The van der Waals surface area contributed by atoms with Crippen molar-refractivity contribution < 1.29 is 27.8 Å². The lowest BCUT2D eigenvalue weighted by Gasteiger charge is -2.33. The molecule has 158 valence electrons. The van der Waals surface area contributed by atoms with Gasteiger partial charge in [-0.25, -0.2) is 0 Å². The maximum atomic E-state index is 12.7.